The van der Waals surface area contributed by atoms with Crippen molar-refractivity contribution in [3.05, 3.63) is 60.1 Å². The van der Waals surface area contributed by atoms with Crippen LogP contribution in [-0.2, 0) is 0 Å². The second-order valence-electron chi connectivity index (χ2n) is 3.62. The zero-order valence-electron chi connectivity index (χ0n) is 8.80. The predicted molar refractivity (Wildman–Crippen MR) is 61.0 cm³/mol. The van der Waals surface area contributed by atoms with Crippen LogP contribution in [0.5, 0.6) is 0 Å². The van der Waals surface area contributed by atoms with Crippen molar-refractivity contribution in [2.45, 2.75) is 12.5 Å². The largest absolute Gasteiger partial charge is 0.461 e. The zero-order valence-corrected chi connectivity index (χ0v) is 8.80. The van der Waals surface area contributed by atoms with Crippen molar-refractivity contribution < 1.29 is 9.21 Å². The Balaban J connectivity index is 2.03. The lowest BCUT2D eigenvalue weighted by molar-refractivity contribution is 0.0947. The molecule has 0 aliphatic rings. The van der Waals surface area contributed by atoms with Gasteiger partial charge < -0.3 is 10.2 Å². The van der Waals surface area contributed by atoms with Crippen LogP contribution in [0.2, 0.25) is 0 Å². The molecule has 1 unspecified atom stereocenters. The molecule has 1 atom stereocenters. The highest BCUT2D eigenvalue weighted by Crippen LogP contribution is 2.16. The third-order valence-electron chi connectivity index (χ3n) is 2.43. The van der Waals surface area contributed by atoms with E-state index in [-0.39, 0.29) is 18.2 Å². The van der Waals surface area contributed by atoms with E-state index in [9.17, 15) is 4.79 Å². The lowest BCUT2D eigenvalue weighted by atomic mass is 10.0. The summed E-state index contributed by atoms with van der Waals surface area (Å²) >= 11 is 0. The number of rotatable bonds is 4. The number of hydrogen-bond donors (Lipinski definition) is 1. The van der Waals surface area contributed by atoms with E-state index >= 15 is 0 Å². The van der Waals surface area contributed by atoms with Crippen LogP contribution in [0.1, 0.15) is 28.6 Å². The molecule has 1 aromatic heterocycles. The van der Waals surface area contributed by atoms with Crippen LogP contribution in [0.3, 0.4) is 0 Å². The average Bonchev–Trinajstić information content (AvgIpc) is 2.83. The van der Waals surface area contributed by atoms with Gasteiger partial charge in [-0.1, -0.05) is 30.3 Å². The molecule has 0 saturated carbocycles. The molecule has 0 saturated heterocycles. The van der Waals surface area contributed by atoms with Crippen molar-refractivity contribution in [2.75, 3.05) is 0 Å². The van der Waals surface area contributed by atoms with Gasteiger partial charge in [-0.25, -0.2) is 0 Å². The van der Waals surface area contributed by atoms with Gasteiger partial charge in [0.25, 0.3) is 0 Å². The van der Waals surface area contributed by atoms with Gasteiger partial charge in [0.05, 0.1) is 6.26 Å². The van der Waals surface area contributed by atoms with Crippen LogP contribution in [-0.4, -0.2) is 5.78 Å². The van der Waals surface area contributed by atoms with Crippen LogP contribution in [0.4, 0.5) is 0 Å². The summed E-state index contributed by atoms with van der Waals surface area (Å²) in [6.07, 6.45) is 1.75. The number of Topliss-reactive ketones (excluding diaryl/α,β-unsaturated/α-hetero) is 1. The highest BCUT2D eigenvalue weighted by atomic mass is 16.3. The SMILES string of the molecule is NC(CC(=O)c1ccco1)c1ccccc1. The van der Waals surface area contributed by atoms with Crippen molar-refractivity contribution in [1.29, 1.82) is 0 Å². The molecule has 16 heavy (non-hydrogen) atoms. The Morgan fingerprint density at radius 1 is 1.19 bits per heavy atom. The summed E-state index contributed by atoms with van der Waals surface area (Å²) in [4.78, 5) is 11.7. The molecule has 0 spiro atoms. The first-order valence-corrected chi connectivity index (χ1v) is 5.14. The number of hydrogen-bond acceptors (Lipinski definition) is 3. The van der Waals surface area contributed by atoms with E-state index in [0.29, 0.717) is 5.76 Å². The van der Waals surface area contributed by atoms with Crippen molar-refractivity contribution in [1.82, 2.24) is 0 Å². The number of benzene rings is 1. The second-order valence-corrected chi connectivity index (χ2v) is 3.62. The first-order valence-electron chi connectivity index (χ1n) is 5.14. The molecule has 2 aromatic rings. The van der Waals surface area contributed by atoms with Crippen LogP contribution in [0.15, 0.2) is 53.1 Å². The third-order valence-corrected chi connectivity index (χ3v) is 2.43. The van der Waals surface area contributed by atoms with E-state index < -0.39 is 0 Å². The van der Waals surface area contributed by atoms with Crippen molar-refractivity contribution in [3.63, 3.8) is 0 Å². The molecule has 0 aliphatic heterocycles. The molecule has 0 fully saturated rings. The van der Waals surface area contributed by atoms with Crippen molar-refractivity contribution in [3.8, 4) is 0 Å². The van der Waals surface area contributed by atoms with E-state index in [4.69, 9.17) is 10.2 Å². The third kappa shape index (κ3) is 2.38. The van der Waals surface area contributed by atoms with Crippen LogP contribution in [0, 0.1) is 0 Å². The van der Waals surface area contributed by atoms with Gasteiger partial charge in [-0.05, 0) is 17.7 Å². The Morgan fingerprint density at radius 2 is 1.94 bits per heavy atom. The Hall–Kier alpha value is -1.87. The number of nitrogens with two attached hydrogens (primary N) is 1. The maximum absolute atomic E-state index is 11.7. The molecule has 0 bridgehead atoms. The van der Waals surface area contributed by atoms with Gasteiger partial charge in [-0.15, -0.1) is 0 Å². The second kappa shape index (κ2) is 4.77. The molecular weight excluding hydrogens is 202 g/mol. The lowest BCUT2D eigenvalue weighted by Crippen LogP contribution is -2.15. The molecule has 3 nitrogen and oxygen atoms in total. The predicted octanol–water partition coefficient (Wildman–Crippen LogP) is 2.55. The molecule has 2 rings (SSSR count). The van der Waals surface area contributed by atoms with E-state index in [1.54, 1.807) is 12.1 Å². The van der Waals surface area contributed by atoms with Crippen molar-refractivity contribution in [2.24, 2.45) is 5.73 Å². The molecular formula is C13H13NO2. The van der Waals surface area contributed by atoms with Gasteiger partial charge >= 0.3 is 0 Å². The van der Waals surface area contributed by atoms with E-state index in [1.165, 1.54) is 6.26 Å². The summed E-state index contributed by atoms with van der Waals surface area (Å²) in [5.41, 5.74) is 6.90. The summed E-state index contributed by atoms with van der Waals surface area (Å²) in [6, 6.07) is 12.6. The van der Waals surface area contributed by atoms with E-state index in [0.717, 1.165) is 5.56 Å². The fourth-order valence-electron chi connectivity index (χ4n) is 1.56. The fraction of sp³-hybridized carbons (Fsp3) is 0.154. The molecule has 0 radical (unpaired) electrons. The Morgan fingerprint density at radius 3 is 2.56 bits per heavy atom. The number of carbonyl (C=O) groups is 1. The molecule has 1 aromatic carbocycles. The quantitative estimate of drug-likeness (QED) is 0.797. The number of carbonyl (C=O) groups excluding carboxylic acids is 1. The van der Waals surface area contributed by atoms with Crippen molar-refractivity contribution >= 4 is 5.78 Å². The molecule has 1 heterocycles. The topological polar surface area (TPSA) is 56.2 Å². The maximum atomic E-state index is 11.7. The highest BCUT2D eigenvalue weighted by Gasteiger charge is 2.14. The van der Waals surface area contributed by atoms with Gasteiger partial charge in [0, 0.05) is 12.5 Å². The van der Waals surface area contributed by atoms with Crippen LogP contribution < -0.4 is 5.73 Å². The first kappa shape index (κ1) is 10.6. The maximum Gasteiger partial charge on any atom is 0.199 e. The molecule has 82 valence electrons. The Labute approximate surface area is 93.9 Å². The van der Waals surface area contributed by atoms with Crippen LogP contribution in [0.25, 0.3) is 0 Å². The van der Waals surface area contributed by atoms with Gasteiger partial charge in [0.15, 0.2) is 11.5 Å². The summed E-state index contributed by atoms with van der Waals surface area (Å²) in [7, 11) is 0. The summed E-state index contributed by atoms with van der Waals surface area (Å²) in [5.74, 6) is 0.299. The minimum absolute atomic E-state index is 0.0682. The number of furan rings is 1. The van der Waals surface area contributed by atoms with Gasteiger partial charge in [0.1, 0.15) is 0 Å². The minimum atomic E-state index is -0.279. The van der Waals surface area contributed by atoms with E-state index in [1.807, 2.05) is 30.3 Å². The Bertz CT molecular complexity index is 448. The fourth-order valence-corrected chi connectivity index (χ4v) is 1.56. The summed E-state index contributed by atoms with van der Waals surface area (Å²) in [5, 5.41) is 0. The first-order chi connectivity index (χ1) is 7.77. The lowest BCUT2D eigenvalue weighted by Gasteiger charge is -2.09. The smallest absolute Gasteiger partial charge is 0.199 e. The molecule has 0 aliphatic carbocycles. The van der Waals surface area contributed by atoms with Crippen LogP contribution >= 0.6 is 0 Å². The van der Waals surface area contributed by atoms with Gasteiger partial charge in [-0.3, -0.25) is 4.79 Å². The average molecular weight is 215 g/mol. The number of ketones is 1. The highest BCUT2D eigenvalue weighted by molar-refractivity contribution is 5.93. The summed E-state index contributed by atoms with van der Waals surface area (Å²) in [6.45, 7) is 0. The van der Waals surface area contributed by atoms with Gasteiger partial charge in [-0.2, -0.15) is 0 Å². The minimum Gasteiger partial charge on any atom is -0.461 e. The zero-order chi connectivity index (χ0) is 11.4. The summed E-state index contributed by atoms with van der Waals surface area (Å²) < 4.78 is 5.03. The molecule has 2 N–H and O–H groups in total. The molecule has 0 amide bonds. The van der Waals surface area contributed by atoms with Gasteiger partial charge in [0.2, 0.25) is 0 Å². The monoisotopic (exact) mass is 215 g/mol. The van der Waals surface area contributed by atoms with E-state index in [2.05, 4.69) is 0 Å². The Kier molecular flexibility index (Phi) is 3.17. The normalized spacial score (nSPS) is 12.3. The molecule has 3 heteroatoms. The standard InChI is InChI=1S/C13H13NO2/c14-11(10-5-2-1-3-6-10)9-12(15)13-7-4-8-16-13/h1-8,11H,9,14H2.